The SMILES string of the molecule is COc1cc(NC(=O)CC[C@@H]2NC(=O)N(CCc3c[nH]c4ccccc34)C2=O)cc(OC)c1. The third kappa shape index (κ3) is 4.92. The largest absolute Gasteiger partial charge is 0.497 e. The molecule has 1 aliphatic heterocycles. The maximum atomic E-state index is 12.7. The second-order valence-electron chi connectivity index (χ2n) is 7.79. The quantitative estimate of drug-likeness (QED) is 0.434. The van der Waals surface area contributed by atoms with Gasteiger partial charge >= 0.3 is 6.03 Å². The van der Waals surface area contributed by atoms with Crippen molar-refractivity contribution in [2.75, 3.05) is 26.1 Å². The van der Waals surface area contributed by atoms with E-state index in [1.54, 1.807) is 18.2 Å². The van der Waals surface area contributed by atoms with E-state index in [0.29, 0.717) is 23.6 Å². The third-order valence-corrected chi connectivity index (χ3v) is 5.68. The van der Waals surface area contributed by atoms with Crippen molar-refractivity contribution in [3.63, 3.8) is 0 Å². The maximum Gasteiger partial charge on any atom is 0.324 e. The van der Waals surface area contributed by atoms with E-state index in [1.165, 1.54) is 19.1 Å². The lowest BCUT2D eigenvalue weighted by atomic mass is 10.1. The Morgan fingerprint density at radius 3 is 2.55 bits per heavy atom. The van der Waals surface area contributed by atoms with Crippen LogP contribution >= 0.6 is 0 Å². The first-order valence-corrected chi connectivity index (χ1v) is 10.7. The molecule has 0 unspecified atom stereocenters. The Balaban J connectivity index is 1.31. The molecule has 2 heterocycles. The summed E-state index contributed by atoms with van der Waals surface area (Å²) >= 11 is 0. The molecule has 1 fully saturated rings. The van der Waals surface area contributed by atoms with Crippen molar-refractivity contribution >= 4 is 34.4 Å². The minimum Gasteiger partial charge on any atom is -0.497 e. The van der Waals surface area contributed by atoms with Gasteiger partial charge in [0.1, 0.15) is 17.5 Å². The number of hydrogen-bond acceptors (Lipinski definition) is 5. The molecule has 0 saturated carbocycles. The van der Waals surface area contributed by atoms with E-state index in [4.69, 9.17) is 9.47 Å². The third-order valence-electron chi connectivity index (χ3n) is 5.68. The van der Waals surface area contributed by atoms with Gasteiger partial charge in [-0.2, -0.15) is 0 Å². The van der Waals surface area contributed by atoms with Gasteiger partial charge < -0.3 is 25.1 Å². The van der Waals surface area contributed by atoms with Gasteiger partial charge in [-0.15, -0.1) is 0 Å². The number of aromatic amines is 1. The van der Waals surface area contributed by atoms with Crippen LogP contribution in [-0.2, 0) is 16.0 Å². The van der Waals surface area contributed by atoms with Gasteiger partial charge in [0, 0.05) is 54.0 Å². The monoisotopic (exact) mass is 450 g/mol. The second-order valence-corrected chi connectivity index (χ2v) is 7.79. The summed E-state index contributed by atoms with van der Waals surface area (Å²) in [5.41, 5.74) is 2.59. The summed E-state index contributed by atoms with van der Waals surface area (Å²) < 4.78 is 10.4. The predicted octanol–water partition coefficient (Wildman–Crippen LogP) is 3.07. The van der Waals surface area contributed by atoms with Crippen molar-refractivity contribution in [3.05, 3.63) is 54.2 Å². The van der Waals surface area contributed by atoms with E-state index in [1.807, 2.05) is 30.5 Å². The number of rotatable bonds is 9. The first kappa shape index (κ1) is 22.2. The second kappa shape index (κ2) is 9.64. The minimum absolute atomic E-state index is 0.0759. The number of carbonyl (C=O) groups is 3. The number of aromatic nitrogens is 1. The molecule has 0 radical (unpaired) electrons. The van der Waals surface area contributed by atoms with Gasteiger partial charge in [0.25, 0.3) is 5.91 Å². The molecule has 3 aromatic rings. The standard InChI is InChI=1S/C24H26N4O5/c1-32-17-11-16(12-18(13-17)33-2)26-22(29)8-7-21-23(30)28(24(31)27-21)10-9-15-14-25-20-6-4-3-5-19(15)20/h3-6,11-14,21,25H,7-10H2,1-2H3,(H,26,29)(H,27,31)/t21-/m0/s1. The average molecular weight is 450 g/mol. The van der Waals surface area contributed by atoms with Crippen molar-refractivity contribution < 1.29 is 23.9 Å². The minimum atomic E-state index is -0.717. The van der Waals surface area contributed by atoms with Crippen molar-refractivity contribution in [2.24, 2.45) is 0 Å². The van der Waals surface area contributed by atoms with Crippen molar-refractivity contribution in [3.8, 4) is 11.5 Å². The van der Waals surface area contributed by atoms with E-state index in [-0.39, 0.29) is 31.2 Å². The normalized spacial score (nSPS) is 15.6. The molecule has 1 saturated heterocycles. The smallest absolute Gasteiger partial charge is 0.324 e. The van der Waals surface area contributed by atoms with Crippen LogP contribution in [0, 0.1) is 0 Å². The summed E-state index contributed by atoms with van der Waals surface area (Å²) in [6.07, 6.45) is 2.74. The molecule has 9 heteroatoms. The van der Waals surface area contributed by atoms with Crippen LogP contribution < -0.4 is 20.1 Å². The highest BCUT2D eigenvalue weighted by molar-refractivity contribution is 6.04. The Labute approximate surface area is 191 Å². The van der Waals surface area contributed by atoms with Gasteiger partial charge in [-0.1, -0.05) is 18.2 Å². The Bertz CT molecular complexity index is 1170. The number of para-hydroxylation sites is 1. The van der Waals surface area contributed by atoms with Gasteiger partial charge in [-0.3, -0.25) is 14.5 Å². The molecule has 1 aliphatic rings. The molecule has 3 N–H and O–H groups in total. The van der Waals surface area contributed by atoms with Gasteiger partial charge in [-0.25, -0.2) is 4.79 Å². The zero-order valence-electron chi connectivity index (χ0n) is 18.5. The fraction of sp³-hybridized carbons (Fsp3) is 0.292. The Hall–Kier alpha value is -4.01. The summed E-state index contributed by atoms with van der Waals surface area (Å²) in [5.74, 6) is 0.516. The lowest BCUT2D eigenvalue weighted by Crippen LogP contribution is -2.33. The molecule has 4 amide bonds. The molecule has 0 bridgehead atoms. The van der Waals surface area contributed by atoms with E-state index >= 15 is 0 Å². The van der Waals surface area contributed by atoms with E-state index < -0.39 is 12.1 Å². The summed E-state index contributed by atoms with van der Waals surface area (Å²) in [7, 11) is 3.05. The van der Waals surface area contributed by atoms with Gasteiger partial charge in [0.15, 0.2) is 0 Å². The zero-order chi connectivity index (χ0) is 23.4. The average Bonchev–Trinajstić information content (AvgIpc) is 3.35. The van der Waals surface area contributed by atoms with Crippen LogP contribution in [0.3, 0.4) is 0 Å². The summed E-state index contributed by atoms with van der Waals surface area (Å²) in [5, 5.41) is 6.54. The Morgan fingerprint density at radius 2 is 1.82 bits per heavy atom. The van der Waals surface area contributed by atoms with Crippen LogP contribution in [0.5, 0.6) is 11.5 Å². The predicted molar refractivity (Wildman–Crippen MR) is 123 cm³/mol. The molecule has 172 valence electrons. The molecular formula is C24H26N4O5. The van der Waals surface area contributed by atoms with Crippen LogP contribution in [0.2, 0.25) is 0 Å². The van der Waals surface area contributed by atoms with Gasteiger partial charge in [-0.05, 0) is 24.5 Å². The highest BCUT2D eigenvalue weighted by atomic mass is 16.5. The summed E-state index contributed by atoms with van der Waals surface area (Å²) in [4.78, 5) is 41.9. The highest BCUT2D eigenvalue weighted by Crippen LogP contribution is 2.26. The van der Waals surface area contributed by atoms with Crippen molar-refractivity contribution in [1.82, 2.24) is 15.2 Å². The number of hydrogen-bond donors (Lipinski definition) is 3. The molecule has 9 nitrogen and oxygen atoms in total. The number of methoxy groups -OCH3 is 2. The maximum absolute atomic E-state index is 12.7. The number of urea groups is 1. The molecule has 0 spiro atoms. The summed E-state index contributed by atoms with van der Waals surface area (Å²) in [6, 6.07) is 11.8. The number of H-pyrrole nitrogens is 1. The fourth-order valence-electron chi connectivity index (χ4n) is 3.93. The lowest BCUT2D eigenvalue weighted by molar-refractivity contribution is -0.127. The number of ether oxygens (including phenoxy) is 2. The van der Waals surface area contributed by atoms with Gasteiger partial charge in [0.05, 0.1) is 14.2 Å². The molecule has 4 rings (SSSR count). The number of carbonyl (C=O) groups excluding carboxylic acids is 3. The molecule has 1 atom stereocenters. The van der Waals surface area contributed by atoms with Crippen LogP contribution in [0.4, 0.5) is 10.5 Å². The van der Waals surface area contributed by atoms with Crippen molar-refractivity contribution in [2.45, 2.75) is 25.3 Å². The topological polar surface area (TPSA) is 113 Å². The molecule has 33 heavy (non-hydrogen) atoms. The molecule has 2 aromatic carbocycles. The van der Waals surface area contributed by atoms with Crippen molar-refractivity contribution in [1.29, 1.82) is 0 Å². The highest BCUT2D eigenvalue weighted by Gasteiger charge is 2.37. The molecular weight excluding hydrogens is 424 g/mol. The number of imide groups is 1. The summed E-state index contributed by atoms with van der Waals surface area (Å²) in [6.45, 7) is 0.277. The fourth-order valence-corrected chi connectivity index (χ4v) is 3.93. The number of anilines is 1. The number of benzene rings is 2. The Morgan fingerprint density at radius 1 is 1.09 bits per heavy atom. The van der Waals surface area contributed by atoms with E-state index in [9.17, 15) is 14.4 Å². The first-order valence-electron chi connectivity index (χ1n) is 10.7. The van der Waals surface area contributed by atoms with Crippen LogP contribution in [0.15, 0.2) is 48.7 Å². The van der Waals surface area contributed by atoms with E-state index in [2.05, 4.69) is 15.6 Å². The Kier molecular flexibility index (Phi) is 6.48. The molecule has 1 aromatic heterocycles. The first-order chi connectivity index (χ1) is 16.0. The van der Waals surface area contributed by atoms with Crippen LogP contribution in [0.25, 0.3) is 10.9 Å². The number of fused-ring (bicyclic) bond motifs is 1. The number of nitrogens with one attached hydrogen (secondary N) is 3. The van der Waals surface area contributed by atoms with Gasteiger partial charge in [0.2, 0.25) is 5.91 Å². The zero-order valence-corrected chi connectivity index (χ0v) is 18.5. The molecule has 0 aliphatic carbocycles. The number of nitrogens with zero attached hydrogens (tertiary/aromatic N) is 1. The van der Waals surface area contributed by atoms with Crippen LogP contribution in [-0.4, -0.2) is 54.5 Å². The number of amides is 4. The lowest BCUT2D eigenvalue weighted by Gasteiger charge is -2.13. The van der Waals surface area contributed by atoms with E-state index in [0.717, 1.165) is 16.5 Å². The van der Waals surface area contributed by atoms with Crippen LogP contribution in [0.1, 0.15) is 18.4 Å².